The molecule has 5 heteroatoms. The van der Waals surface area contributed by atoms with Crippen LogP contribution in [0.4, 0.5) is 5.69 Å². The summed E-state index contributed by atoms with van der Waals surface area (Å²) in [6.45, 7) is 2.46. The van der Waals surface area contributed by atoms with Gasteiger partial charge in [-0.25, -0.2) is 0 Å². The Morgan fingerprint density at radius 2 is 1.91 bits per heavy atom. The molecule has 1 atom stereocenters. The SMILES string of the molecule is COCC[S@@](=O)Cc1cccc(NC(=O)c2ccc(C)cc2)c1. The van der Waals surface area contributed by atoms with E-state index in [1.165, 1.54) is 0 Å². The van der Waals surface area contributed by atoms with E-state index in [9.17, 15) is 9.00 Å². The first-order valence-electron chi connectivity index (χ1n) is 7.39. The Labute approximate surface area is 139 Å². The maximum Gasteiger partial charge on any atom is 0.255 e. The number of rotatable bonds is 7. The number of aryl methyl sites for hydroxylation is 1. The maximum absolute atomic E-state index is 12.2. The largest absolute Gasteiger partial charge is 0.384 e. The Morgan fingerprint density at radius 3 is 2.61 bits per heavy atom. The highest BCUT2D eigenvalue weighted by atomic mass is 32.2. The highest BCUT2D eigenvalue weighted by molar-refractivity contribution is 7.84. The molecule has 0 fully saturated rings. The standard InChI is InChI=1S/C18H21NO3S/c1-14-6-8-16(9-7-14)18(20)19-17-5-3-4-15(12-17)13-23(21)11-10-22-2/h3-9,12H,10-11,13H2,1-2H3,(H,19,20)/t23-/m1/s1. The second-order valence-corrected chi connectivity index (χ2v) is 6.88. The van der Waals surface area contributed by atoms with Gasteiger partial charge in [0.05, 0.1) is 6.61 Å². The maximum atomic E-state index is 12.2. The molecule has 1 amide bonds. The van der Waals surface area contributed by atoms with Crippen LogP contribution in [0.3, 0.4) is 0 Å². The molecule has 0 saturated heterocycles. The highest BCUT2D eigenvalue weighted by Crippen LogP contribution is 2.14. The number of ether oxygens (including phenoxy) is 1. The summed E-state index contributed by atoms with van der Waals surface area (Å²) < 4.78 is 16.8. The summed E-state index contributed by atoms with van der Waals surface area (Å²) in [5.41, 5.74) is 3.37. The molecule has 0 aliphatic rings. The van der Waals surface area contributed by atoms with Crippen molar-refractivity contribution in [2.75, 3.05) is 24.8 Å². The molecular formula is C18H21NO3S. The van der Waals surface area contributed by atoms with Crippen molar-refractivity contribution in [2.45, 2.75) is 12.7 Å². The third-order valence-electron chi connectivity index (χ3n) is 3.34. The molecule has 0 aliphatic carbocycles. The van der Waals surface area contributed by atoms with E-state index >= 15 is 0 Å². The van der Waals surface area contributed by atoms with Crippen LogP contribution >= 0.6 is 0 Å². The van der Waals surface area contributed by atoms with E-state index in [4.69, 9.17) is 4.74 Å². The third kappa shape index (κ3) is 5.62. The Bertz CT molecular complexity index is 683. The van der Waals surface area contributed by atoms with Crippen molar-refractivity contribution in [3.63, 3.8) is 0 Å². The van der Waals surface area contributed by atoms with Gasteiger partial charge in [-0.2, -0.15) is 0 Å². The van der Waals surface area contributed by atoms with E-state index in [2.05, 4.69) is 5.32 Å². The Balaban J connectivity index is 2.00. The molecule has 2 aromatic carbocycles. The van der Waals surface area contributed by atoms with Crippen molar-refractivity contribution in [1.29, 1.82) is 0 Å². The number of carbonyl (C=O) groups is 1. The Kier molecular flexibility index (Phi) is 6.50. The fourth-order valence-corrected chi connectivity index (χ4v) is 3.13. The zero-order valence-corrected chi connectivity index (χ0v) is 14.2. The van der Waals surface area contributed by atoms with Gasteiger partial charge < -0.3 is 10.1 Å². The van der Waals surface area contributed by atoms with Crippen molar-refractivity contribution >= 4 is 22.4 Å². The predicted molar refractivity (Wildman–Crippen MR) is 94.2 cm³/mol. The summed E-state index contributed by atoms with van der Waals surface area (Å²) in [6, 6.07) is 14.9. The van der Waals surface area contributed by atoms with Crippen LogP contribution in [0.25, 0.3) is 0 Å². The molecule has 1 N–H and O–H groups in total. The first-order chi connectivity index (χ1) is 11.1. The number of amides is 1. The molecule has 0 radical (unpaired) electrons. The number of carbonyl (C=O) groups excluding carboxylic acids is 1. The Morgan fingerprint density at radius 1 is 1.17 bits per heavy atom. The van der Waals surface area contributed by atoms with E-state index in [1.807, 2.05) is 43.3 Å². The minimum absolute atomic E-state index is 0.150. The molecule has 23 heavy (non-hydrogen) atoms. The number of methoxy groups -OCH3 is 1. The van der Waals surface area contributed by atoms with Gasteiger partial charge in [0.15, 0.2) is 0 Å². The average molecular weight is 331 g/mol. The van der Waals surface area contributed by atoms with Gasteiger partial charge in [0, 0.05) is 40.7 Å². The lowest BCUT2D eigenvalue weighted by Crippen LogP contribution is -2.12. The van der Waals surface area contributed by atoms with Gasteiger partial charge in [-0.1, -0.05) is 29.8 Å². The van der Waals surface area contributed by atoms with E-state index < -0.39 is 10.8 Å². The van der Waals surface area contributed by atoms with Gasteiger partial charge in [-0.3, -0.25) is 9.00 Å². The Hall–Kier alpha value is -1.98. The lowest BCUT2D eigenvalue weighted by atomic mass is 10.1. The number of hydrogen-bond acceptors (Lipinski definition) is 3. The summed E-state index contributed by atoms with van der Waals surface area (Å²) in [5, 5.41) is 2.87. The van der Waals surface area contributed by atoms with E-state index in [1.54, 1.807) is 19.2 Å². The average Bonchev–Trinajstić information content (AvgIpc) is 2.54. The van der Waals surface area contributed by atoms with Gasteiger partial charge in [-0.05, 0) is 36.8 Å². The van der Waals surface area contributed by atoms with Crippen LogP contribution in [0.1, 0.15) is 21.5 Å². The van der Waals surface area contributed by atoms with Crippen LogP contribution in [-0.2, 0) is 21.3 Å². The summed E-state index contributed by atoms with van der Waals surface area (Å²) in [4.78, 5) is 12.2. The van der Waals surface area contributed by atoms with Crippen LogP contribution in [0.2, 0.25) is 0 Å². The summed E-state index contributed by atoms with van der Waals surface area (Å²) in [5.74, 6) is 0.816. The fraction of sp³-hybridized carbons (Fsp3) is 0.278. The molecular weight excluding hydrogens is 310 g/mol. The smallest absolute Gasteiger partial charge is 0.255 e. The molecule has 2 aromatic rings. The van der Waals surface area contributed by atoms with Gasteiger partial charge in [0.25, 0.3) is 5.91 Å². The van der Waals surface area contributed by atoms with Gasteiger partial charge in [-0.15, -0.1) is 0 Å². The van der Waals surface area contributed by atoms with Crippen molar-refractivity contribution in [3.05, 3.63) is 65.2 Å². The molecule has 0 aliphatic heterocycles. The number of anilines is 1. The van der Waals surface area contributed by atoms with Crippen LogP contribution in [0.15, 0.2) is 48.5 Å². The van der Waals surface area contributed by atoms with Crippen LogP contribution in [0, 0.1) is 6.92 Å². The van der Waals surface area contributed by atoms with Crippen molar-refractivity contribution < 1.29 is 13.7 Å². The van der Waals surface area contributed by atoms with Crippen molar-refractivity contribution in [1.82, 2.24) is 0 Å². The third-order valence-corrected chi connectivity index (χ3v) is 4.62. The number of hydrogen-bond donors (Lipinski definition) is 1. The van der Waals surface area contributed by atoms with E-state index in [0.29, 0.717) is 29.4 Å². The topological polar surface area (TPSA) is 55.4 Å². The van der Waals surface area contributed by atoms with Crippen LogP contribution in [-0.4, -0.2) is 29.6 Å². The molecule has 0 bridgehead atoms. The lowest BCUT2D eigenvalue weighted by molar-refractivity contribution is 0.102. The van der Waals surface area contributed by atoms with Crippen molar-refractivity contribution in [2.24, 2.45) is 0 Å². The van der Waals surface area contributed by atoms with Crippen molar-refractivity contribution in [3.8, 4) is 0 Å². The van der Waals surface area contributed by atoms with Gasteiger partial charge in [0.2, 0.25) is 0 Å². The zero-order valence-electron chi connectivity index (χ0n) is 13.4. The predicted octanol–water partition coefficient (Wildman–Crippen LogP) is 3.14. The first-order valence-corrected chi connectivity index (χ1v) is 8.88. The molecule has 0 saturated carbocycles. The zero-order chi connectivity index (χ0) is 16.7. The van der Waals surface area contributed by atoms with E-state index in [0.717, 1.165) is 11.1 Å². The number of nitrogens with one attached hydrogen (secondary N) is 1. The van der Waals surface area contributed by atoms with Crippen LogP contribution in [0.5, 0.6) is 0 Å². The summed E-state index contributed by atoms with van der Waals surface area (Å²) in [6.07, 6.45) is 0. The lowest BCUT2D eigenvalue weighted by Gasteiger charge is -2.08. The first kappa shape index (κ1) is 17.4. The quantitative estimate of drug-likeness (QED) is 0.848. The number of benzene rings is 2. The fourth-order valence-electron chi connectivity index (χ4n) is 2.08. The van der Waals surface area contributed by atoms with Gasteiger partial charge in [0.1, 0.15) is 0 Å². The van der Waals surface area contributed by atoms with Crippen LogP contribution < -0.4 is 5.32 Å². The second kappa shape index (κ2) is 8.60. The normalized spacial score (nSPS) is 11.9. The monoisotopic (exact) mass is 331 g/mol. The van der Waals surface area contributed by atoms with Gasteiger partial charge >= 0.3 is 0 Å². The summed E-state index contributed by atoms with van der Waals surface area (Å²) >= 11 is 0. The molecule has 0 unspecified atom stereocenters. The van der Waals surface area contributed by atoms with E-state index in [-0.39, 0.29) is 5.91 Å². The highest BCUT2D eigenvalue weighted by Gasteiger charge is 2.07. The molecule has 0 aromatic heterocycles. The molecule has 0 spiro atoms. The molecule has 122 valence electrons. The molecule has 4 nitrogen and oxygen atoms in total. The minimum atomic E-state index is -0.968. The molecule has 2 rings (SSSR count). The second-order valence-electron chi connectivity index (χ2n) is 5.30. The summed E-state index contributed by atoms with van der Waals surface area (Å²) in [7, 11) is 0.627. The minimum Gasteiger partial charge on any atom is -0.384 e. The molecule has 0 heterocycles.